The van der Waals surface area contributed by atoms with Gasteiger partial charge in [-0.3, -0.25) is 14.5 Å². The van der Waals surface area contributed by atoms with Gasteiger partial charge in [-0.25, -0.2) is 18.4 Å². The Balaban J connectivity index is 1.87. The van der Waals surface area contributed by atoms with Gasteiger partial charge >= 0.3 is 0 Å². The number of nitrogens with zero attached hydrogens (tertiary/aromatic N) is 3. The molecule has 0 bridgehead atoms. The fourth-order valence-electron chi connectivity index (χ4n) is 3.61. The van der Waals surface area contributed by atoms with Crippen LogP contribution >= 0.6 is 22.9 Å². The average Bonchev–Trinajstić information content (AvgIpc) is 3.53. The number of methoxy groups -OCH3 is 1. The highest BCUT2D eigenvalue weighted by atomic mass is 35.5. The van der Waals surface area contributed by atoms with Crippen molar-refractivity contribution in [1.82, 2.24) is 15.0 Å². The number of nitrogens with two attached hydrogens (primary N) is 1. The Labute approximate surface area is 200 Å². The molecule has 174 valence electrons. The minimum atomic E-state index is -3.44. The molecule has 12 heteroatoms. The van der Waals surface area contributed by atoms with Crippen LogP contribution in [0.4, 0.5) is 5.13 Å². The molecule has 1 saturated carbocycles. The summed E-state index contributed by atoms with van der Waals surface area (Å²) in [5.41, 5.74) is 7.25. The van der Waals surface area contributed by atoms with Crippen molar-refractivity contribution in [3.05, 3.63) is 51.9 Å². The van der Waals surface area contributed by atoms with Crippen molar-refractivity contribution >= 4 is 44.0 Å². The van der Waals surface area contributed by atoms with E-state index in [4.69, 9.17) is 22.1 Å². The third-order valence-corrected chi connectivity index (χ3v) is 8.37. The number of rotatable bonds is 8. The fourth-order valence-corrected chi connectivity index (χ4v) is 6.24. The van der Waals surface area contributed by atoms with Crippen LogP contribution in [0.15, 0.2) is 29.9 Å². The number of amides is 1. The minimum absolute atomic E-state index is 0.198. The summed E-state index contributed by atoms with van der Waals surface area (Å²) in [5.74, 6) is -0.372. The smallest absolute Gasteiger partial charge is 0.252 e. The van der Waals surface area contributed by atoms with Crippen molar-refractivity contribution in [3.8, 4) is 17.0 Å². The van der Waals surface area contributed by atoms with Gasteiger partial charge in [0.2, 0.25) is 10.0 Å². The maximum Gasteiger partial charge on any atom is 0.252 e. The second kappa shape index (κ2) is 8.54. The van der Waals surface area contributed by atoms with Gasteiger partial charge in [0, 0.05) is 21.9 Å². The molecule has 0 atom stereocenters. The number of halogens is 1. The van der Waals surface area contributed by atoms with E-state index in [1.807, 2.05) is 13.8 Å². The number of thiazole rings is 1. The second-order valence-electron chi connectivity index (χ2n) is 8.17. The van der Waals surface area contributed by atoms with Gasteiger partial charge in [-0.1, -0.05) is 17.7 Å². The van der Waals surface area contributed by atoms with Crippen LogP contribution in [0.25, 0.3) is 11.3 Å². The highest BCUT2D eigenvalue weighted by Gasteiger charge is 2.38. The molecule has 1 amide bonds. The van der Waals surface area contributed by atoms with Gasteiger partial charge in [0.15, 0.2) is 5.13 Å². The number of ether oxygens (including phenoxy) is 1. The monoisotopic (exact) mass is 507 g/mol. The average molecular weight is 508 g/mol. The first-order valence-corrected chi connectivity index (χ1v) is 12.8. The molecular formula is C21H22ClN5O4S2. The standard InChI is InChI=1S/C21H22ClN5O4S2/c1-21(2,15-10-32-20(26-15)27-33(29,30)11-4-5-11)17-12(14-8-24-9-16(22)25-14)6-7-13(19(23)28)18(17)31-3/h6-11H,4-5H2,1-3H3,(H2,23,28)(H,26,27). The number of hydrogen-bond acceptors (Lipinski definition) is 8. The molecule has 0 unspecified atom stereocenters. The van der Waals surface area contributed by atoms with Crippen LogP contribution in [0.3, 0.4) is 0 Å². The van der Waals surface area contributed by atoms with E-state index in [0.717, 1.165) is 0 Å². The topological polar surface area (TPSA) is 137 Å². The molecule has 3 N–H and O–H groups in total. The first-order valence-electron chi connectivity index (χ1n) is 10.0. The van der Waals surface area contributed by atoms with E-state index in [-0.39, 0.29) is 26.8 Å². The van der Waals surface area contributed by atoms with Gasteiger partial charge in [-0.2, -0.15) is 0 Å². The van der Waals surface area contributed by atoms with Crippen molar-refractivity contribution in [2.24, 2.45) is 5.73 Å². The summed E-state index contributed by atoms with van der Waals surface area (Å²) in [6, 6.07) is 3.28. The van der Waals surface area contributed by atoms with E-state index in [1.165, 1.54) is 24.6 Å². The molecule has 9 nitrogen and oxygen atoms in total. The minimum Gasteiger partial charge on any atom is -0.496 e. The van der Waals surface area contributed by atoms with Crippen molar-refractivity contribution in [3.63, 3.8) is 0 Å². The largest absolute Gasteiger partial charge is 0.496 e. The number of hydrogen-bond donors (Lipinski definition) is 2. The van der Waals surface area contributed by atoms with Crippen LogP contribution in [0.2, 0.25) is 5.15 Å². The number of anilines is 1. The van der Waals surface area contributed by atoms with Crippen LogP contribution in [0, 0.1) is 0 Å². The van der Waals surface area contributed by atoms with E-state index in [0.29, 0.717) is 35.4 Å². The predicted octanol–water partition coefficient (Wildman–Crippen LogP) is 3.59. The summed E-state index contributed by atoms with van der Waals surface area (Å²) < 4.78 is 32.9. The van der Waals surface area contributed by atoms with Crippen LogP contribution in [-0.2, 0) is 15.4 Å². The second-order valence-corrected chi connectivity index (χ2v) is 11.4. The van der Waals surface area contributed by atoms with E-state index in [2.05, 4.69) is 19.7 Å². The zero-order valence-corrected chi connectivity index (χ0v) is 20.5. The molecule has 0 saturated heterocycles. The number of carbonyl (C=O) groups excluding carboxylic acids is 1. The molecule has 2 heterocycles. The van der Waals surface area contributed by atoms with Gasteiger partial charge in [-0.05, 0) is 32.8 Å². The molecule has 0 spiro atoms. The summed E-state index contributed by atoms with van der Waals surface area (Å²) in [5, 5.41) is 1.89. The highest BCUT2D eigenvalue weighted by Crippen LogP contribution is 2.45. The normalized spacial score (nSPS) is 14.2. The van der Waals surface area contributed by atoms with Crippen molar-refractivity contribution in [1.29, 1.82) is 0 Å². The van der Waals surface area contributed by atoms with Crippen molar-refractivity contribution in [2.45, 2.75) is 37.4 Å². The van der Waals surface area contributed by atoms with E-state index < -0.39 is 21.3 Å². The van der Waals surface area contributed by atoms with Crippen LogP contribution < -0.4 is 15.2 Å². The summed E-state index contributed by atoms with van der Waals surface area (Å²) in [4.78, 5) is 25.2. The molecule has 33 heavy (non-hydrogen) atoms. The number of benzene rings is 1. The summed E-state index contributed by atoms with van der Waals surface area (Å²) in [6.45, 7) is 3.79. The zero-order chi connectivity index (χ0) is 24.0. The Morgan fingerprint density at radius 2 is 2.00 bits per heavy atom. The number of sulfonamides is 1. The number of primary amides is 1. The molecular weight excluding hydrogens is 486 g/mol. The molecule has 3 aromatic rings. The molecule has 1 aliphatic carbocycles. The van der Waals surface area contributed by atoms with E-state index in [9.17, 15) is 13.2 Å². The number of carbonyl (C=O) groups is 1. The first-order chi connectivity index (χ1) is 15.5. The molecule has 1 aliphatic rings. The fraction of sp³-hybridized carbons (Fsp3) is 0.333. The highest BCUT2D eigenvalue weighted by molar-refractivity contribution is 7.93. The zero-order valence-electron chi connectivity index (χ0n) is 18.1. The van der Waals surface area contributed by atoms with Crippen LogP contribution in [-0.4, -0.2) is 41.6 Å². The van der Waals surface area contributed by atoms with Gasteiger partial charge in [0.05, 0.1) is 41.7 Å². The third kappa shape index (κ3) is 4.53. The Morgan fingerprint density at radius 3 is 2.61 bits per heavy atom. The quantitative estimate of drug-likeness (QED) is 0.475. The molecule has 1 aromatic carbocycles. The van der Waals surface area contributed by atoms with Crippen molar-refractivity contribution < 1.29 is 17.9 Å². The van der Waals surface area contributed by atoms with E-state index >= 15 is 0 Å². The van der Waals surface area contributed by atoms with Gasteiger partial charge in [0.25, 0.3) is 5.91 Å². The summed E-state index contributed by atoms with van der Waals surface area (Å²) in [7, 11) is -2.00. The Kier molecular flexibility index (Phi) is 6.06. The molecule has 2 aromatic heterocycles. The first kappa shape index (κ1) is 23.4. The van der Waals surface area contributed by atoms with Crippen LogP contribution in [0.1, 0.15) is 48.3 Å². The number of aromatic nitrogens is 3. The number of nitrogens with one attached hydrogen (secondary N) is 1. The molecule has 4 rings (SSSR count). The molecule has 0 radical (unpaired) electrons. The maximum absolute atomic E-state index is 12.3. The molecule has 1 fully saturated rings. The van der Waals surface area contributed by atoms with Gasteiger partial charge in [0.1, 0.15) is 10.9 Å². The summed E-state index contributed by atoms with van der Waals surface area (Å²) in [6.07, 6.45) is 4.28. The Morgan fingerprint density at radius 1 is 1.27 bits per heavy atom. The van der Waals surface area contributed by atoms with E-state index in [1.54, 1.807) is 23.7 Å². The van der Waals surface area contributed by atoms with Gasteiger partial charge < -0.3 is 10.5 Å². The SMILES string of the molecule is COc1c(C(N)=O)ccc(-c2cncc(Cl)n2)c1C(C)(C)c1csc(NS(=O)(=O)C2CC2)n1. The van der Waals surface area contributed by atoms with Crippen LogP contribution in [0.5, 0.6) is 5.75 Å². The Bertz CT molecular complexity index is 1340. The lowest BCUT2D eigenvalue weighted by Gasteiger charge is -2.29. The lowest BCUT2D eigenvalue weighted by atomic mass is 9.77. The lowest BCUT2D eigenvalue weighted by Crippen LogP contribution is -2.24. The predicted molar refractivity (Wildman–Crippen MR) is 127 cm³/mol. The lowest BCUT2D eigenvalue weighted by molar-refractivity contribution is 0.0997. The Hall–Kier alpha value is -2.76. The molecule has 0 aliphatic heterocycles. The van der Waals surface area contributed by atoms with Gasteiger partial charge in [-0.15, -0.1) is 11.3 Å². The maximum atomic E-state index is 12.3. The van der Waals surface area contributed by atoms with Crippen molar-refractivity contribution in [2.75, 3.05) is 11.8 Å². The third-order valence-electron chi connectivity index (χ3n) is 5.47. The summed E-state index contributed by atoms with van der Waals surface area (Å²) >= 11 is 7.26.